The second-order valence-electron chi connectivity index (χ2n) is 7.53. The van der Waals surface area contributed by atoms with Gasteiger partial charge in [-0.15, -0.1) is 0 Å². The molecule has 0 atom stereocenters. The van der Waals surface area contributed by atoms with Crippen LogP contribution < -0.4 is 10.2 Å². The summed E-state index contributed by atoms with van der Waals surface area (Å²) in [5.74, 6) is 1.29. The van der Waals surface area contributed by atoms with Crippen LogP contribution >= 0.6 is 0 Å². The van der Waals surface area contributed by atoms with Crippen molar-refractivity contribution in [3.63, 3.8) is 0 Å². The number of carbonyl (C=O) groups is 1. The van der Waals surface area contributed by atoms with Crippen molar-refractivity contribution in [3.8, 4) is 0 Å². The van der Waals surface area contributed by atoms with Crippen LogP contribution in [0.4, 0.5) is 5.95 Å². The van der Waals surface area contributed by atoms with Gasteiger partial charge in [0.05, 0.1) is 11.0 Å². The van der Waals surface area contributed by atoms with Gasteiger partial charge in [-0.25, -0.2) is 4.98 Å². The van der Waals surface area contributed by atoms with E-state index in [-0.39, 0.29) is 11.8 Å². The smallest absolute Gasteiger partial charge is 0.223 e. The zero-order valence-electron chi connectivity index (χ0n) is 15.4. The highest BCUT2D eigenvalue weighted by molar-refractivity contribution is 5.79. The molecule has 1 aromatic carbocycles. The molecule has 1 aromatic heterocycles. The molecular formula is C20H29N5O. The van der Waals surface area contributed by atoms with Crippen LogP contribution in [0.3, 0.4) is 0 Å². The maximum Gasteiger partial charge on any atom is 0.223 e. The molecule has 0 bridgehead atoms. The summed E-state index contributed by atoms with van der Waals surface area (Å²) in [6.45, 7) is 5.90. The lowest BCUT2D eigenvalue weighted by molar-refractivity contribution is -0.125. The molecule has 0 aliphatic carbocycles. The summed E-state index contributed by atoms with van der Waals surface area (Å²) in [5.41, 5.74) is 2.07. The first kappa shape index (κ1) is 17.3. The molecule has 6 nitrogen and oxygen atoms in total. The van der Waals surface area contributed by atoms with E-state index in [0.29, 0.717) is 0 Å². The van der Waals surface area contributed by atoms with Crippen LogP contribution in [-0.2, 0) is 4.79 Å². The van der Waals surface area contributed by atoms with Gasteiger partial charge in [0.2, 0.25) is 11.9 Å². The van der Waals surface area contributed by atoms with Crippen LogP contribution in [0, 0.1) is 5.92 Å². The third-order valence-electron chi connectivity index (χ3n) is 5.72. The molecule has 2 aliphatic rings. The van der Waals surface area contributed by atoms with Crippen molar-refractivity contribution in [1.29, 1.82) is 0 Å². The van der Waals surface area contributed by atoms with E-state index < -0.39 is 0 Å². The first-order valence-corrected chi connectivity index (χ1v) is 9.99. The molecule has 4 rings (SSSR count). The van der Waals surface area contributed by atoms with Crippen molar-refractivity contribution < 1.29 is 4.79 Å². The van der Waals surface area contributed by atoms with Gasteiger partial charge in [0.1, 0.15) is 0 Å². The van der Waals surface area contributed by atoms with Gasteiger partial charge in [-0.05, 0) is 50.9 Å². The van der Waals surface area contributed by atoms with E-state index in [1.807, 2.05) is 24.3 Å². The Kier molecular flexibility index (Phi) is 5.39. The number of rotatable bonds is 5. The first-order chi connectivity index (χ1) is 12.8. The van der Waals surface area contributed by atoms with Gasteiger partial charge in [-0.3, -0.25) is 4.79 Å². The second-order valence-corrected chi connectivity index (χ2v) is 7.53. The fourth-order valence-electron chi connectivity index (χ4n) is 4.11. The lowest BCUT2D eigenvalue weighted by Gasteiger charge is -2.31. The molecular weight excluding hydrogens is 326 g/mol. The van der Waals surface area contributed by atoms with E-state index in [0.717, 1.165) is 56.0 Å². The van der Waals surface area contributed by atoms with E-state index >= 15 is 0 Å². The molecule has 0 spiro atoms. The Hall–Kier alpha value is -2.08. The Balaban J connectivity index is 1.23. The largest absolute Gasteiger partial charge is 0.355 e. The van der Waals surface area contributed by atoms with Gasteiger partial charge < -0.3 is 20.1 Å². The van der Waals surface area contributed by atoms with Gasteiger partial charge in [0.15, 0.2) is 0 Å². The number of nitrogens with one attached hydrogen (secondary N) is 2. The molecule has 3 heterocycles. The van der Waals surface area contributed by atoms with Crippen LogP contribution in [0.15, 0.2) is 24.3 Å². The van der Waals surface area contributed by atoms with Gasteiger partial charge in [0.25, 0.3) is 0 Å². The zero-order valence-corrected chi connectivity index (χ0v) is 15.4. The Morgan fingerprint density at radius 2 is 1.88 bits per heavy atom. The molecule has 2 N–H and O–H groups in total. The molecule has 140 valence electrons. The van der Waals surface area contributed by atoms with Crippen LogP contribution in [0.1, 0.15) is 32.1 Å². The lowest BCUT2D eigenvalue weighted by Crippen LogP contribution is -2.43. The van der Waals surface area contributed by atoms with E-state index in [1.165, 1.54) is 32.4 Å². The average Bonchev–Trinajstić information content (AvgIpc) is 3.13. The predicted octanol–water partition coefficient (Wildman–Crippen LogP) is 2.38. The number of amides is 1. The Morgan fingerprint density at radius 1 is 1.12 bits per heavy atom. The quantitative estimate of drug-likeness (QED) is 0.864. The van der Waals surface area contributed by atoms with Crippen molar-refractivity contribution >= 4 is 22.9 Å². The standard InChI is InChI=1S/C20H29N5O/c26-19(21-10-15-24-11-4-1-5-12-24)16-8-13-25(14-9-16)20-22-17-6-2-3-7-18(17)23-20/h2-3,6-7,16H,1,4-5,8-15H2,(H,21,26)(H,22,23). The molecule has 26 heavy (non-hydrogen) atoms. The van der Waals surface area contributed by atoms with Crippen molar-refractivity contribution in [2.45, 2.75) is 32.1 Å². The number of nitrogens with zero attached hydrogens (tertiary/aromatic N) is 3. The number of aromatic amines is 1. The maximum atomic E-state index is 12.5. The third-order valence-corrected chi connectivity index (χ3v) is 5.72. The van der Waals surface area contributed by atoms with Crippen molar-refractivity contribution in [1.82, 2.24) is 20.2 Å². The Morgan fingerprint density at radius 3 is 2.65 bits per heavy atom. The summed E-state index contributed by atoms with van der Waals surface area (Å²) in [6.07, 6.45) is 5.74. The molecule has 2 saturated heterocycles. The van der Waals surface area contributed by atoms with E-state index in [9.17, 15) is 4.79 Å². The molecule has 1 amide bonds. The Bertz CT molecular complexity index is 696. The number of hydrogen-bond acceptors (Lipinski definition) is 4. The number of aromatic nitrogens is 2. The minimum Gasteiger partial charge on any atom is -0.355 e. The number of hydrogen-bond donors (Lipinski definition) is 2. The van der Waals surface area contributed by atoms with Crippen LogP contribution in [0.2, 0.25) is 0 Å². The molecule has 2 aromatic rings. The predicted molar refractivity (Wildman–Crippen MR) is 104 cm³/mol. The van der Waals surface area contributed by atoms with Gasteiger partial charge in [0, 0.05) is 32.1 Å². The second kappa shape index (κ2) is 8.08. The highest BCUT2D eigenvalue weighted by atomic mass is 16.1. The fraction of sp³-hybridized carbons (Fsp3) is 0.600. The van der Waals surface area contributed by atoms with Gasteiger partial charge >= 0.3 is 0 Å². The number of likely N-dealkylation sites (tertiary alicyclic amines) is 1. The summed E-state index contributed by atoms with van der Waals surface area (Å²) >= 11 is 0. The number of H-pyrrole nitrogens is 1. The molecule has 2 fully saturated rings. The number of fused-ring (bicyclic) bond motifs is 1. The van der Waals surface area contributed by atoms with Crippen molar-refractivity contribution in [2.75, 3.05) is 44.2 Å². The summed E-state index contributed by atoms with van der Waals surface area (Å²) in [6, 6.07) is 8.10. The monoisotopic (exact) mass is 355 g/mol. The minimum atomic E-state index is 0.136. The highest BCUT2D eigenvalue weighted by Gasteiger charge is 2.26. The minimum absolute atomic E-state index is 0.136. The molecule has 0 radical (unpaired) electrons. The molecule has 0 unspecified atom stereocenters. The van der Waals surface area contributed by atoms with E-state index in [1.54, 1.807) is 0 Å². The van der Waals surface area contributed by atoms with Crippen LogP contribution in [0.5, 0.6) is 0 Å². The topological polar surface area (TPSA) is 64.3 Å². The van der Waals surface area contributed by atoms with Crippen molar-refractivity contribution in [3.05, 3.63) is 24.3 Å². The average molecular weight is 355 g/mol. The lowest BCUT2D eigenvalue weighted by atomic mass is 9.96. The summed E-state index contributed by atoms with van der Waals surface area (Å²) in [4.78, 5) is 25.2. The first-order valence-electron chi connectivity index (χ1n) is 9.99. The van der Waals surface area contributed by atoms with E-state index in [4.69, 9.17) is 0 Å². The molecule has 0 saturated carbocycles. The number of anilines is 1. The fourth-order valence-corrected chi connectivity index (χ4v) is 4.11. The zero-order chi connectivity index (χ0) is 17.8. The van der Waals surface area contributed by atoms with E-state index in [2.05, 4.69) is 25.1 Å². The normalized spacial score (nSPS) is 19.8. The molecule has 2 aliphatic heterocycles. The number of para-hydroxylation sites is 2. The third kappa shape index (κ3) is 4.01. The number of imidazole rings is 1. The van der Waals surface area contributed by atoms with Gasteiger partial charge in [-0.1, -0.05) is 18.6 Å². The van der Waals surface area contributed by atoms with Crippen LogP contribution in [0.25, 0.3) is 11.0 Å². The number of piperidine rings is 2. The highest BCUT2D eigenvalue weighted by Crippen LogP contribution is 2.23. The summed E-state index contributed by atoms with van der Waals surface area (Å²) in [5, 5.41) is 3.15. The van der Waals surface area contributed by atoms with Gasteiger partial charge in [-0.2, -0.15) is 0 Å². The maximum absolute atomic E-state index is 12.5. The van der Waals surface area contributed by atoms with Crippen LogP contribution in [-0.4, -0.2) is 60.0 Å². The summed E-state index contributed by atoms with van der Waals surface area (Å²) < 4.78 is 0. The Labute approximate surface area is 155 Å². The summed E-state index contributed by atoms with van der Waals surface area (Å²) in [7, 11) is 0. The molecule has 6 heteroatoms. The number of benzene rings is 1. The van der Waals surface area contributed by atoms with Crippen molar-refractivity contribution in [2.24, 2.45) is 5.92 Å². The SMILES string of the molecule is O=C(NCCN1CCCCC1)C1CCN(c2nc3ccccc3[nH]2)CC1. The number of carbonyl (C=O) groups excluding carboxylic acids is 1.